The molecule has 0 aliphatic rings. The molecule has 0 saturated heterocycles. The lowest BCUT2D eigenvalue weighted by Gasteiger charge is -2.06. The standard InChI is InChI=1S/C8H6F6O4/c9-7(10,11)3-17-5(15)1-2-6(16)18-4-8(12,13)14/h1-2H,3-4H2. The van der Waals surface area contributed by atoms with Gasteiger partial charge >= 0.3 is 24.3 Å². The van der Waals surface area contributed by atoms with Crippen molar-refractivity contribution in [1.82, 2.24) is 0 Å². The van der Waals surface area contributed by atoms with E-state index in [1.165, 1.54) is 0 Å². The molecular formula is C8H6F6O4. The largest absolute Gasteiger partial charge is 0.453 e. The quantitative estimate of drug-likeness (QED) is 0.447. The van der Waals surface area contributed by atoms with Crippen LogP contribution < -0.4 is 0 Å². The minimum atomic E-state index is -4.74. The summed E-state index contributed by atoms with van der Waals surface area (Å²) >= 11 is 0. The Balaban J connectivity index is 4.00. The molecule has 18 heavy (non-hydrogen) atoms. The van der Waals surface area contributed by atoms with Crippen molar-refractivity contribution >= 4 is 11.9 Å². The third-order valence-corrected chi connectivity index (χ3v) is 1.11. The van der Waals surface area contributed by atoms with E-state index in [1.54, 1.807) is 0 Å². The maximum Gasteiger partial charge on any atom is 0.422 e. The Morgan fingerprint density at radius 1 is 0.778 bits per heavy atom. The molecule has 0 aromatic rings. The zero-order valence-corrected chi connectivity index (χ0v) is 8.47. The molecule has 0 N–H and O–H groups in total. The normalized spacial score (nSPS) is 12.6. The van der Waals surface area contributed by atoms with Crippen LogP contribution in [0.3, 0.4) is 0 Å². The number of rotatable bonds is 4. The number of alkyl halides is 6. The maximum atomic E-state index is 11.5. The maximum absolute atomic E-state index is 11.5. The number of halogens is 6. The van der Waals surface area contributed by atoms with Crippen LogP contribution in [0.4, 0.5) is 26.3 Å². The van der Waals surface area contributed by atoms with Crippen molar-refractivity contribution in [2.24, 2.45) is 0 Å². The molecule has 0 aliphatic heterocycles. The molecule has 0 amide bonds. The van der Waals surface area contributed by atoms with Gasteiger partial charge in [0, 0.05) is 12.2 Å². The van der Waals surface area contributed by atoms with E-state index >= 15 is 0 Å². The number of hydrogen-bond donors (Lipinski definition) is 0. The summed E-state index contributed by atoms with van der Waals surface area (Å²) in [5.74, 6) is -3.06. The summed E-state index contributed by atoms with van der Waals surface area (Å²) in [6, 6.07) is 0. The molecule has 0 heterocycles. The Bertz CT molecular complexity index is 297. The van der Waals surface area contributed by atoms with E-state index in [-0.39, 0.29) is 12.2 Å². The van der Waals surface area contributed by atoms with Crippen molar-refractivity contribution in [2.45, 2.75) is 12.4 Å². The van der Waals surface area contributed by atoms with Crippen LogP contribution in [0.1, 0.15) is 0 Å². The molecule has 0 rings (SSSR count). The molecule has 4 nitrogen and oxygen atoms in total. The predicted molar refractivity (Wildman–Crippen MR) is 43.2 cm³/mol. The summed E-state index contributed by atoms with van der Waals surface area (Å²) in [6.07, 6.45) is -9.02. The predicted octanol–water partition coefficient (Wildman–Crippen LogP) is 1.75. The minimum Gasteiger partial charge on any atom is -0.453 e. The van der Waals surface area contributed by atoms with Gasteiger partial charge in [0.2, 0.25) is 0 Å². The van der Waals surface area contributed by atoms with Crippen LogP contribution in [0.15, 0.2) is 12.2 Å². The molecule has 0 fully saturated rings. The number of ether oxygens (including phenoxy) is 2. The van der Waals surface area contributed by atoms with Gasteiger partial charge in [-0.25, -0.2) is 9.59 Å². The van der Waals surface area contributed by atoms with E-state index < -0.39 is 37.5 Å². The number of carbonyl (C=O) groups is 2. The van der Waals surface area contributed by atoms with Gasteiger partial charge in [-0.05, 0) is 0 Å². The average Bonchev–Trinajstić information content (AvgIpc) is 2.18. The summed E-state index contributed by atoms with van der Waals surface area (Å²) in [4.78, 5) is 21.1. The minimum absolute atomic E-state index is 0.227. The lowest BCUT2D eigenvalue weighted by molar-refractivity contribution is -0.183. The number of esters is 2. The fourth-order valence-electron chi connectivity index (χ4n) is 0.538. The summed E-state index contributed by atoms with van der Waals surface area (Å²) in [7, 11) is 0. The molecule has 0 unspecified atom stereocenters. The van der Waals surface area contributed by atoms with E-state index in [0.717, 1.165) is 0 Å². The van der Waals surface area contributed by atoms with Crippen LogP contribution in [0, 0.1) is 0 Å². The van der Waals surface area contributed by atoms with Crippen LogP contribution in [0.5, 0.6) is 0 Å². The highest BCUT2D eigenvalue weighted by Gasteiger charge is 2.30. The first-order chi connectivity index (χ1) is 7.99. The van der Waals surface area contributed by atoms with Gasteiger partial charge in [0.1, 0.15) is 0 Å². The van der Waals surface area contributed by atoms with Crippen LogP contribution in [0.25, 0.3) is 0 Å². The monoisotopic (exact) mass is 280 g/mol. The molecule has 104 valence electrons. The number of carbonyl (C=O) groups excluding carboxylic acids is 2. The second kappa shape index (κ2) is 6.26. The molecule has 0 aromatic carbocycles. The van der Waals surface area contributed by atoms with Crippen molar-refractivity contribution in [3.63, 3.8) is 0 Å². The molecular weight excluding hydrogens is 274 g/mol. The van der Waals surface area contributed by atoms with E-state index in [2.05, 4.69) is 9.47 Å². The summed E-state index contributed by atoms with van der Waals surface area (Å²) in [6.45, 7) is -3.73. The molecule has 0 radical (unpaired) electrons. The van der Waals surface area contributed by atoms with Crippen molar-refractivity contribution in [1.29, 1.82) is 0 Å². The first-order valence-corrected chi connectivity index (χ1v) is 4.15. The van der Waals surface area contributed by atoms with Crippen LogP contribution in [0.2, 0.25) is 0 Å². The van der Waals surface area contributed by atoms with Crippen molar-refractivity contribution < 1.29 is 45.4 Å². The van der Waals surface area contributed by atoms with Gasteiger partial charge in [0.15, 0.2) is 13.2 Å². The third kappa shape index (κ3) is 10.8. The fourth-order valence-corrected chi connectivity index (χ4v) is 0.538. The smallest absolute Gasteiger partial charge is 0.422 e. The van der Waals surface area contributed by atoms with Crippen molar-refractivity contribution in [3.05, 3.63) is 12.2 Å². The molecule has 0 bridgehead atoms. The molecule has 0 atom stereocenters. The Morgan fingerprint density at radius 3 is 1.28 bits per heavy atom. The highest BCUT2D eigenvalue weighted by molar-refractivity contribution is 5.91. The first-order valence-electron chi connectivity index (χ1n) is 4.15. The van der Waals surface area contributed by atoms with Crippen LogP contribution >= 0.6 is 0 Å². The third-order valence-electron chi connectivity index (χ3n) is 1.11. The van der Waals surface area contributed by atoms with Gasteiger partial charge in [-0.1, -0.05) is 0 Å². The van der Waals surface area contributed by atoms with E-state index in [9.17, 15) is 35.9 Å². The van der Waals surface area contributed by atoms with E-state index in [4.69, 9.17) is 0 Å². The highest BCUT2D eigenvalue weighted by atomic mass is 19.4. The molecule has 10 heteroatoms. The molecule has 0 aliphatic carbocycles. The first kappa shape index (κ1) is 16.3. The van der Waals surface area contributed by atoms with Crippen LogP contribution in [-0.4, -0.2) is 37.5 Å². The zero-order chi connectivity index (χ0) is 14.4. The lowest BCUT2D eigenvalue weighted by atomic mass is 10.5. The van der Waals surface area contributed by atoms with Gasteiger partial charge in [-0.3, -0.25) is 0 Å². The van der Waals surface area contributed by atoms with Gasteiger partial charge in [-0.2, -0.15) is 26.3 Å². The highest BCUT2D eigenvalue weighted by Crippen LogP contribution is 2.15. The van der Waals surface area contributed by atoms with Crippen molar-refractivity contribution in [3.8, 4) is 0 Å². The van der Waals surface area contributed by atoms with Crippen LogP contribution in [-0.2, 0) is 19.1 Å². The Hall–Kier alpha value is -1.74. The molecule has 0 aromatic heterocycles. The summed E-state index contributed by atoms with van der Waals surface area (Å²) < 4.78 is 76.5. The van der Waals surface area contributed by atoms with Gasteiger partial charge in [-0.15, -0.1) is 0 Å². The van der Waals surface area contributed by atoms with Gasteiger partial charge in [0.05, 0.1) is 0 Å². The average molecular weight is 280 g/mol. The topological polar surface area (TPSA) is 52.6 Å². The number of hydrogen-bond acceptors (Lipinski definition) is 4. The fraction of sp³-hybridized carbons (Fsp3) is 0.500. The SMILES string of the molecule is O=C(C=CC(=O)OCC(F)(F)F)OCC(F)(F)F. The summed E-state index contributed by atoms with van der Waals surface area (Å²) in [5, 5.41) is 0. The van der Waals surface area contributed by atoms with Crippen molar-refractivity contribution in [2.75, 3.05) is 13.2 Å². The molecule has 0 saturated carbocycles. The Kier molecular flexibility index (Phi) is 5.66. The summed E-state index contributed by atoms with van der Waals surface area (Å²) in [5.41, 5.74) is 0. The van der Waals surface area contributed by atoms with Gasteiger partial charge < -0.3 is 9.47 Å². The second-order valence-electron chi connectivity index (χ2n) is 2.78. The van der Waals surface area contributed by atoms with Gasteiger partial charge in [0.25, 0.3) is 0 Å². The Labute approximate surface area is 96.1 Å². The second-order valence-corrected chi connectivity index (χ2v) is 2.78. The Morgan fingerprint density at radius 2 is 1.06 bits per heavy atom. The lowest BCUT2D eigenvalue weighted by Crippen LogP contribution is -2.20. The van der Waals surface area contributed by atoms with E-state index in [0.29, 0.717) is 0 Å². The molecule has 0 spiro atoms. The van der Waals surface area contributed by atoms with E-state index in [1.807, 2.05) is 0 Å². The zero-order valence-electron chi connectivity index (χ0n) is 8.47.